The van der Waals surface area contributed by atoms with E-state index in [-0.39, 0.29) is 12.3 Å². The van der Waals surface area contributed by atoms with E-state index in [1.807, 2.05) is 44.2 Å². The minimum atomic E-state index is -0.912. The molecule has 0 fully saturated rings. The van der Waals surface area contributed by atoms with Crippen molar-refractivity contribution in [1.82, 2.24) is 5.32 Å². The topological polar surface area (TPSA) is 79.5 Å². The molecule has 1 aromatic heterocycles. The standard InChI is InChI=1S/C18H23NO4/c1-4-18(5-2,11-16(20)21)19-17(22)12(3)15-10-13-8-6-7-9-14(13)23-15/h6-10,12H,4-5,11H2,1-3H3,(H,19,22)(H,20,21). The first-order chi connectivity index (χ1) is 10.9. The number of rotatable bonds is 7. The van der Waals surface area contributed by atoms with E-state index in [0.29, 0.717) is 18.6 Å². The third kappa shape index (κ3) is 3.73. The van der Waals surface area contributed by atoms with Crippen LogP contribution in [0.25, 0.3) is 11.0 Å². The van der Waals surface area contributed by atoms with Crippen molar-refractivity contribution in [3.8, 4) is 0 Å². The first-order valence-corrected chi connectivity index (χ1v) is 7.93. The Hall–Kier alpha value is -2.30. The normalized spacial score (nSPS) is 13.0. The number of furan rings is 1. The Morgan fingerprint density at radius 3 is 2.48 bits per heavy atom. The molecular weight excluding hydrogens is 294 g/mol. The smallest absolute Gasteiger partial charge is 0.305 e. The molecule has 23 heavy (non-hydrogen) atoms. The fourth-order valence-electron chi connectivity index (χ4n) is 2.73. The van der Waals surface area contributed by atoms with Crippen LogP contribution < -0.4 is 5.32 Å². The Labute approximate surface area is 135 Å². The fraction of sp³-hybridized carbons (Fsp3) is 0.444. The van der Waals surface area contributed by atoms with Gasteiger partial charge in [-0.15, -0.1) is 0 Å². The van der Waals surface area contributed by atoms with Gasteiger partial charge in [-0.05, 0) is 31.9 Å². The molecule has 1 unspecified atom stereocenters. The van der Waals surface area contributed by atoms with Gasteiger partial charge < -0.3 is 14.8 Å². The highest BCUT2D eigenvalue weighted by Crippen LogP contribution is 2.27. The van der Waals surface area contributed by atoms with Crippen molar-refractivity contribution in [2.75, 3.05) is 0 Å². The first kappa shape index (κ1) is 17.1. The van der Waals surface area contributed by atoms with Gasteiger partial charge in [0.1, 0.15) is 11.3 Å². The second kappa shape index (κ2) is 6.86. The molecule has 5 heteroatoms. The third-order valence-electron chi connectivity index (χ3n) is 4.50. The molecule has 0 saturated carbocycles. The number of fused-ring (bicyclic) bond motifs is 1. The molecule has 1 aromatic carbocycles. The van der Waals surface area contributed by atoms with E-state index < -0.39 is 17.4 Å². The molecule has 0 spiro atoms. The van der Waals surface area contributed by atoms with Crippen molar-refractivity contribution in [3.05, 3.63) is 36.1 Å². The maximum absolute atomic E-state index is 12.6. The number of para-hydroxylation sites is 1. The van der Waals surface area contributed by atoms with Crippen LogP contribution in [0.5, 0.6) is 0 Å². The second-order valence-corrected chi connectivity index (χ2v) is 5.96. The highest BCUT2D eigenvalue weighted by Gasteiger charge is 2.33. The number of hydrogen-bond donors (Lipinski definition) is 2. The lowest BCUT2D eigenvalue weighted by Crippen LogP contribution is -2.50. The second-order valence-electron chi connectivity index (χ2n) is 5.96. The predicted octanol–water partition coefficient (Wildman–Crippen LogP) is 3.69. The SMILES string of the molecule is CCC(CC)(CC(=O)O)NC(=O)C(C)c1cc2ccccc2o1. The number of aliphatic carboxylic acids is 1. The van der Waals surface area contributed by atoms with Gasteiger partial charge in [-0.3, -0.25) is 9.59 Å². The summed E-state index contributed by atoms with van der Waals surface area (Å²) in [4.78, 5) is 23.7. The Balaban J connectivity index is 2.19. The number of carbonyl (C=O) groups excluding carboxylic acids is 1. The van der Waals surface area contributed by atoms with Crippen LogP contribution in [0.15, 0.2) is 34.7 Å². The van der Waals surface area contributed by atoms with Crippen LogP contribution in [0.4, 0.5) is 0 Å². The maximum atomic E-state index is 12.6. The van der Waals surface area contributed by atoms with Crippen LogP contribution >= 0.6 is 0 Å². The number of benzene rings is 1. The van der Waals surface area contributed by atoms with Crippen LogP contribution in [0, 0.1) is 0 Å². The lowest BCUT2D eigenvalue weighted by atomic mass is 9.88. The lowest BCUT2D eigenvalue weighted by molar-refractivity contribution is -0.139. The van der Waals surface area contributed by atoms with Crippen LogP contribution in [0.3, 0.4) is 0 Å². The van der Waals surface area contributed by atoms with Gasteiger partial charge in [-0.1, -0.05) is 32.0 Å². The van der Waals surface area contributed by atoms with Crippen molar-refractivity contribution >= 4 is 22.8 Å². The third-order valence-corrected chi connectivity index (χ3v) is 4.50. The molecule has 1 heterocycles. The summed E-state index contributed by atoms with van der Waals surface area (Å²) in [6.45, 7) is 5.54. The summed E-state index contributed by atoms with van der Waals surface area (Å²) in [6, 6.07) is 9.44. The molecule has 2 N–H and O–H groups in total. The van der Waals surface area contributed by atoms with Gasteiger partial charge in [0.2, 0.25) is 5.91 Å². The number of nitrogens with one attached hydrogen (secondary N) is 1. The molecule has 124 valence electrons. The molecule has 2 aromatic rings. The zero-order chi connectivity index (χ0) is 17.0. The van der Waals surface area contributed by atoms with Crippen LogP contribution in [-0.2, 0) is 9.59 Å². The first-order valence-electron chi connectivity index (χ1n) is 7.93. The number of amides is 1. The summed E-state index contributed by atoms with van der Waals surface area (Å²) in [5, 5.41) is 13.0. The number of carbonyl (C=O) groups is 2. The number of carboxylic acids is 1. The molecule has 2 rings (SSSR count). The summed E-state index contributed by atoms with van der Waals surface area (Å²) >= 11 is 0. The molecular formula is C18H23NO4. The lowest BCUT2D eigenvalue weighted by Gasteiger charge is -2.32. The molecule has 0 aliphatic rings. The number of hydrogen-bond acceptors (Lipinski definition) is 3. The summed E-state index contributed by atoms with van der Waals surface area (Å²) in [5.41, 5.74) is 0.0216. The van der Waals surface area contributed by atoms with Crippen molar-refractivity contribution in [3.63, 3.8) is 0 Å². The van der Waals surface area contributed by atoms with E-state index in [4.69, 9.17) is 9.52 Å². The van der Waals surface area contributed by atoms with E-state index >= 15 is 0 Å². The molecule has 0 saturated heterocycles. The Bertz CT molecular complexity index is 667. The fourth-order valence-corrected chi connectivity index (χ4v) is 2.73. The molecule has 0 aliphatic carbocycles. The average Bonchev–Trinajstić information content (AvgIpc) is 2.96. The van der Waals surface area contributed by atoms with Gasteiger partial charge in [0.25, 0.3) is 0 Å². The van der Waals surface area contributed by atoms with Crippen molar-refractivity contribution in [2.24, 2.45) is 0 Å². The minimum Gasteiger partial charge on any atom is -0.481 e. The minimum absolute atomic E-state index is 0.0847. The Kier molecular flexibility index (Phi) is 5.08. The van der Waals surface area contributed by atoms with Crippen molar-refractivity contribution in [1.29, 1.82) is 0 Å². The largest absolute Gasteiger partial charge is 0.481 e. The van der Waals surface area contributed by atoms with Crippen molar-refractivity contribution in [2.45, 2.75) is 51.5 Å². The van der Waals surface area contributed by atoms with E-state index in [2.05, 4.69) is 5.32 Å². The van der Waals surface area contributed by atoms with E-state index in [0.717, 1.165) is 11.0 Å². The van der Waals surface area contributed by atoms with Gasteiger partial charge >= 0.3 is 5.97 Å². The van der Waals surface area contributed by atoms with Crippen molar-refractivity contribution < 1.29 is 19.1 Å². The molecule has 5 nitrogen and oxygen atoms in total. The average molecular weight is 317 g/mol. The van der Waals surface area contributed by atoms with Crippen LogP contribution in [0.1, 0.15) is 51.7 Å². The molecule has 1 amide bonds. The zero-order valence-corrected chi connectivity index (χ0v) is 13.8. The monoisotopic (exact) mass is 317 g/mol. The summed E-state index contributed by atoms with van der Waals surface area (Å²) in [6.07, 6.45) is 1.04. The van der Waals surface area contributed by atoms with Gasteiger partial charge in [-0.25, -0.2) is 0 Å². The highest BCUT2D eigenvalue weighted by atomic mass is 16.4. The maximum Gasteiger partial charge on any atom is 0.305 e. The van der Waals surface area contributed by atoms with Gasteiger partial charge in [0.15, 0.2) is 0 Å². The zero-order valence-electron chi connectivity index (χ0n) is 13.8. The number of carboxylic acid groups (broad SMARTS) is 1. The van der Waals surface area contributed by atoms with Crippen LogP contribution in [-0.4, -0.2) is 22.5 Å². The molecule has 1 atom stereocenters. The predicted molar refractivity (Wildman–Crippen MR) is 88.3 cm³/mol. The van der Waals surface area contributed by atoms with E-state index in [1.165, 1.54) is 0 Å². The molecule has 0 bridgehead atoms. The van der Waals surface area contributed by atoms with Gasteiger partial charge in [-0.2, -0.15) is 0 Å². The highest BCUT2D eigenvalue weighted by molar-refractivity contribution is 5.86. The van der Waals surface area contributed by atoms with Gasteiger partial charge in [0, 0.05) is 10.9 Å². The molecule has 0 aliphatic heterocycles. The van der Waals surface area contributed by atoms with Gasteiger partial charge in [0.05, 0.1) is 12.3 Å². The summed E-state index contributed by atoms with van der Waals surface area (Å²) < 4.78 is 5.74. The summed E-state index contributed by atoms with van der Waals surface area (Å²) in [5.74, 6) is -1.02. The Morgan fingerprint density at radius 2 is 1.91 bits per heavy atom. The molecule has 0 radical (unpaired) electrons. The van der Waals surface area contributed by atoms with E-state index in [1.54, 1.807) is 6.92 Å². The van der Waals surface area contributed by atoms with Crippen LogP contribution in [0.2, 0.25) is 0 Å². The van der Waals surface area contributed by atoms with E-state index in [9.17, 15) is 9.59 Å². The Morgan fingerprint density at radius 1 is 1.26 bits per heavy atom. The summed E-state index contributed by atoms with van der Waals surface area (Å²) in [7, 11) is 0. The quantitative estimate of drug-likeness (QED) is 0.816.